The summed E-state index contributed by atoms with van der Waals surface area (Å²) in [4.78, 5) is 51.0. The Balaban J connectivity index is 1.55. The molecule has 1 aliphatic heterocycles. The van der Waals surface area contributed by atoms with Crippen molar-refractivity contribution in [2.75, 3.05) is 6.54 Å². The molecule has 0 bridgehead atoms. The van der Waals surface area contributed by atoms with Crippen molar-refractivity contribution < 1.29 is 31.8 Å². The zero-order valence-electron chi connectivity index (χ0n) is 19.6. The first-order valence-corrected chi connectivity index (χ1v) is 12.9. The molecule has 11 heteroatoms. The van der Waals surface area contributed by atoms with Crippen LogP contribution in [0.2, 0.25) is 5.02 Å². The predicted molar refractivity (Wildman–Crippen MR) is 133 cm³/mol. The van der Waals surface area contributed by atoms with E-state index >= 15 is 0 Å². The lowest BCUT2D eigenvalue weighted by Gasteiger charge is -2.29. The molecule has 0 unspecified atom stereocenters. The van der Waals surface area contributed by atoms with Crippen molar-refractivity contribution in [2.45, 2.75) is 24.7 Å². The van der Waals surface area contributed by atoms with Crippen LogP contribution < -0.4 is 4.18 Å². The Morgan fingerprint density at radius 2 is 1.51 bits per heavy atom. The third-order valence-corrected chi connectivity index (χ3v) is 7.18. The van der Waals surface area contributed by atoms with Crippen LogP contribution in [0.15, 0.2) is 77.7 Å². The number of imide groups is 1. The zero-order valence-corrected chi connectivity index (χ0v) is 21.2. The van der Waals surface area contributed by atoms with Gasteiger partial charge in [0.05, 0.1) is 10.6 Å². The highest BCUT2D eigenvalue weighted by Crippen LogP contribution is 2.24. The summed E-state index contributed by atoms with van der Waals surface area (Å²) in [7, 11) is -4.08. The monoisotopic (exact) mass is 540 g/mol. The van der Waals surface area contributed by atoms with Gasteiger partial charge in [0.2, 0.25) is 11.8 Å². The fourth-order valence-corrected chi connectivity index (χ4v) is 4.79. The molecule has 0 aromatic heterocycles. The first kappa shape index (κ1) is 26.1. The fraction of sp³-hybridized carbons (Fsp3) is 0.154. The van der Waals surface area contributed by atoms with E-state index in [0.29, 0.717) is 5.01 Å². The molecule has 3 aromatic rings. The standard InChI is InChI=1S/C26H21ClN2O7S/c1-17-6-12-20(13-7-17)37(34,35)36-19-10-8-18(9-11-19)23(30)16-28(29-24(31)14-15-25(29)32)26(33)21-4-2-3-5-22(21)27/h2-13H,14-16H2,1H3. The zero-order chi connectivity index (χ0) is 26.7. The Bertz CT molecular complexity index is 1470. The second kappa shape index (κ2) is 10.5. The molecule has 0 N–H and O–H groups in total. The van der Waals surface area contributed by atoms with Gasteiger partial charge in [-0.25, -0.2) is 5.01 Å². The number of aryl methyl sites for hydroxylation is 1. The van der Waals surface area contributed by atoms with E-state index in [1.807, 2.05) is 6.92 Å². The van der Waals surface area contributed by atoms with Crippen LogP contribution >= 0.6 is 11.6 Å². The van der Waals surface area contributed by atoms with Crippen molar-refractivity contribution >= 4 is 45.2 Å². The largest absolute Gasteiger partial charge is 0.379 e. The Morgan fingerprint density at radius 3 is 2.11 bits per heavy atom. The van der Waals surface area contributed by atoms with Crippen LogP contribution in [-0.4, -0.2) is 48.5 Å². The number of ketones is 1. The van der Waals surface area contributed by atoms with Crippen molar-refractivity contribution in [1.82, 2.24) is 10.0 Å². The summed E-state index contributed by atoms with van der Waals surface area (Å²) in [5, 5.41) is 1.56. The first-order valence-electron chi connectivity index (χ1n) is 11.1. The highest BCUT2D eigenvalue weighted by Gasteiger charge is 2.38. The average Bonchev–Trinajstić information content (AvgIpc) is 3.20. The van der Waals surface area contributed by atoms with Crippen LogP contribution in [-0.2, 0) is 19.7 Å². The number of hydrogen-bond acceptors (Lipinski definition) is 7. The maximum absolute atomic E-state index is 13.2. The molecule has 37 heavy (non-hydrogen) atoms. The molecule has 1 heterocycles. The van der Waals surface area contributed by atoms with Gasteiger partial charge in [-0.2, -0.15) is 13.4 Å². The molecule has 0 aliphatic carbocycles. The van der Waals surface area contributed by atoms with E-state index in [0.717, 1.165) is 10.6 Å². The number of carbonyl (C=O) groups is 4. The van der Waals surface area contributed by atoms with Gasteiger partial charge in [-0.3, -0.25) is 19.2 Å². The molecule has 190 valence electrons. The minimum atomic E-state index is -4.08. The lowest BCUT2D eigenvalue weighted by Crippen LogP contribution is -2.51. The minimum absolute atomic E-state index is 0.0214. The number of benzene rings is 3. The summed E-state index contributed by atoms with van der Waals surface area (Å²) >= 11 is 6.13. The second-order valence-electron chi connectivity index (χ2n) is 8.24. The molecule has 4 rings (SSSR count). The summed E-state index contributed by atoms with van der Waals surface area (Å²) in [6.07, 6.45) is -0.165. The van der Waals surface area contributed by atoms with E-state index in [9.17, 15) is 27.6 Å². The highest BCUT2D eigenvalue weighted by atomic mass is 35.5. The topological polar surface area (TPSA) is 118 Å². The Morgan fingerprint density at radius 1 is 0.919 bits per heavy atom. The number of nitrogens with zero attached hydrogens (tertiary/aromatic N) is 2. The van der Waals surface area contributed by atoms with Crippen LogP contribution in [0.3, 0.4) is 0 Å². The number of rotatable bonds is 8. The van der Waals surface area contributed by atoms with Gasteiger partial charge in [-0.05, 0) is 55.5 Å². The van der Waals surface area contributed by atoms with E-state index in [2.05, 4.69) is 0 Å². The quantitative estimate of drug-likeness (QED) is 0.242. The van der Waals surface area contributed by atoms with Gasteiger partial charge in [0.25, 0.3) is 5.91 Å². The summed E-state index contributed by atoms with van der Waals surface area (Å²) in [6.45, 7) is 1.20. The summed E-state index contributed by atoms with van der Waals surface area (Å²) < 4.78 is 30.2. The van der Waals surface area contributed by atoms with Crippen molar-refractivity contribution in [2.24, 2.45) is 0 Å². The van der Waals surface area contributed by atoms with Gasteiger partial charge < -0.3 is 4.18 Å². The minimum Gasteiger partial charge on any atom is -0.379 e. The number of carbonyl (C=O) groups excluding carboxylic acids is 4. The molecular weight excluding hydrogens is 520 g/mol. The fourth-order valence-electron chi connectivity index (χ4n) is 3.64. The molecule has 0 spiro atoms. The lowest BCUT2D eigenvalue weighted by atomic mass is 10.1. The molecule has 0 radical (unpaired) electrons. The molecular formula is C26H21ClN2O7S. The molecule has 0 atom stereocenters. The predicted octanol–water partition coefficient (Wildman–Crippen LogP) is 3.81. The van der Waals surface area contributed by atoms with Gasteiger partial charge in [0.15, 0.2) is 5.78 Å². The second-order valence-corrected chi connectivity index (χ2v) is 10.2. The normalized spacial score (nSPS) is 13.5. The number of hydrazine groups is 1. The Kier molecular flexibility index (Phi) is 7.42. The number of halogens is 1. The van der Waals surface area contributed by atoms with Crippen molar-refractivity contribution in [1.29, 1.82) is 0 Å². The average molecular weight is 541 g/mol. The SMILES string of the molecule is Cc1ccc(S(=O)(=O)Oc2ccc(C(=O)CN(C(=O)c3ccccc3Cl)N3C(=O)CCC3=O)cc2)cc1. The van der Waals surface area contributed by atoms with Crippen LogP contribution in [0.4, 0.5) is 0 Å². The van der Waals surface area contributed by atoms with Crippen LogP contribution in [0, 0.1) is 6.92 Å². The summed E-state index contributed by atoms with van der Waals surface area (Å²) in [5.41, 5.74) is 1.02. The lowest BCUT2D eigenvalue weighted by molar-refractivity contribution is -0.152. The van der Waals surface area contributed by atoms with E-state index in [1.165, 1.54) is 48.5 Å². The molecule has 3 aromatic carbocycles. The van der Waals surface area contributed by atoms with Gasteiger partial charge in [0.1, 0.15) is 17.2 Å². The molecule has 9 nitrogen and oxygen atoms in total. The molecule has 1 aliphatic rings. The number of Topliss-reactive ketones (excluding diaryl/α,β-unsaturated/α-hetero) is 1. The highest BCUT2D eigenvalue weighted by molar-refractivity contribution is 7.87. The van der Waals surface area contributed by atoms with Crippen molar-refractivity contribution in [3.8, 4) is 5.75 Å². The molecule has 3 amide bonds. The summed E-state index contributed by atoms with van der Waals surface area (Å²) in [5.74, 6) is -2.62. The van der Waals surface area contributed by atoms with Crippen molar-refractivity contribution in [3.05, 3.63) is 94.5 Å². The third kappa shape index (κ3) is 5.71. The third-order valence-electron chi connectivity index (χ3n) is 5.59. The van der Waals surface area contributed by atoms with E-state index in [4.69, 9.17) is 15.8 Å². The maximum atomic E-state index is 13.2. The van der Waals surface area contributed by atoms with Crippen molar-refractivity contribution in [3.63, 3.8) is 0 Å². The Hall–Kier alpha value is -4.02. The van der Waals surface area contributed by atoms with Crippen LogP contribution in [0.25, 0.3) is 0 Å². The van der Waals surface area contributed by atoms with Gasteiger partial charge in [-0.15, -0.1) is 0 Å². The van der Waals surface area contributed by atoms with E-state index in [1.54, 1.807) is 24.3 Å². The van der Waals surface area contributed by atoms with E-state index in [-0.39, 0.29) is 39.6 Å². The van der Waals surface area contributed by atoms with Gasteiger partial charge >= 0.3 is 10.1 Å². The first-order chi connectivity index (χ1) is 17.6. The van der Waals surface area contributed by atoms with Gasteiger partial charge in [-0.1, -0.05) is 41.4 Å². The van der Waals surface area contributed by atoms with Crippen LogP contribution in [0.1, 0.15) is 39.1 Å². The van der Waals surface area contributed by atoms with Gasteiger partial charge in [0, 0.05) is 18.4 Å². The van der Waals surface area contributed by atoms with Crippen LogP contribution in [0.5, 0.6) is 5.75 Å². The van der Waals surface area contributed by atoms with E-state index < -0.39 is 40.2 Å². The summed E-state index contributed by atoms with van der Waals surface area (Å²) in [6, 6.07) is 17.5. The molecule has 1 saturated heterocycles. The number of hydrogen-bond donors (Lipinski definition) is 0. The smallest absolute Gasteiger partial charge is 0.339 e. The number of amides is 3. The maximum Gasteiger partial charge on any atom is 0.339 e. The Labute approximate surface area is 218 Å². The molecule has 1 fully saturated rings. The molecule has 0 saturated carbocycles.